The maximum absolute atomic E-state index is 12.3. The van der Waals surface area contributed by atoms with Gasteiger partial charge in [0.1, 0.15) is 5.60 Å². The van der Waals surface area contributed by atoms with Gasteiger partial charge in [-0.25, -0.2) is 4.79 Å². The Morgan fingerprint density at radius 1 is 1.29 bits per heavy atom. The summed E-state index contributed by atoms with van der Waals surface area (Å²) in [5.74, 6) is 0. The molecular weight excluding hydrogens is 266 g/mol. The summed E-state index contributed by atoms with van der Waals surface area (Å²) in [5, 5.41) is 0. The molecule has 3 aliphatic rings. The average Bonchev–Trinajstić information content (AvgIpc) is 2.47. The molecular formula is C16H23N3O2. The quantitative estimate of drug-likeness (QED) is 0.797. The van der Waals surface area contributed by atoms with Gasteiger partial charge < -0.3 is 14.5 Å². The lowest BCUT2D eigenvalue weighted by atomic mass is 9.91. The summed E-state index contributed by atoms with van der Waals surface area (Å²) in [6, 6.07) is 4.66. The smallest absolute Gasteiger partial charge is 0.410 e. The Hall–Kier alpha value is -1.78. The number of aromatic nitrogens is 1. The molecule has 0 spiro atoms. The summed E-state index contributed by atoms with van der Waals surface area (Å²) in [6.07, 6.45) is 5.69. The number of fused-ring (bicyclic) bond motifs is 3. The van der Waals surface area contributed by atoms with Crippen molar-refractivity contribution in [2.24, 2.45) is 0 Å². The highest BCUT2D eigenvalue weighted by Gasteiger charge is 2.42. The summed E-state index contributed by atoms with van der Waals surface area (Å²) in [6.45, 7) is 7.35. The summed E-state index contributed by atoms with van der Waals surface area (Å²) in [5.41, 5.74) is 0.715. The lowest BCUT2D eigenvalue weighted by Gasteiger charge is -2.52. The number of carbonyl (C=O) groups is 1. The summed E-state index contributed by atoms with van der Waals surface area (Å²) >= 11 is 0. The van der Waals surface area contributed by atoms with Gasteiger partial charge in [-0.1, -0.05) is 0 Å². The number of piperazine rings is 1. The lowest BCUT2D eigenvalue weighted by molar-refractivity contribution is 0.000882. The van der Waals surface area contributed by atoms with Crippen molar-refractivity contribution < 1.29 is 9.53 Å². The van der Waals surface area contributed by atoms with E-state index in [1.807, 2.05) is 37.9 Å². The van der Waals surface area contributed by atoms with E-state index in [2.05, 4.69) is 16.0 Å². The van der Waals surface area contributed by atoms with Gasteiger partial charge in [0.2, 0.25) is 0 Å². The van der Waals surface area contributed by atoms with Crippen molar-refractivity contribution in [2.75, 3.05) is 18.0 Å². The summed E-state index contributed by atoms with van der Waals surface area (Å²) in [7, 11) is 0. The Balaban J connectivity index is 1.71. The predicted octanol–water partition coefficient (Wildman–Crippen LogP) is 2.67. The number of anilines is 1. The summed E-state index contributed by atoms with van der Waals surface area (Å²) in [4.78, 5) is 20.8. The van der Waals surface area contributed by atoms with Crippen molar-refractivity contribution in [1.82, 2.24) is 9.88 Å². The van der Waals surface area contributed by atoms with Crippen LogP contribution in [0.4, 0.5) is 10.5 Å². The minimum Gasteiger partial charge on any atom is -0.444 e. The highest BCUT2D eigenvalue weighted by Crippen LogP contribution is 2.33. The zero-order valence-electron chi connectivity index (χ0n) is 13.0. The molecule has 0 N–H and O–H groups in total. The van der Waals surface area contributed by atoms with Gasteiger partial charge in [-0.2, -0.15) is 0 Å². The van der Waals surface area contributed by atoms with Gasteiger partial charge in [-0.05, 0) is 45.7 Å². The number of amides is 1. The van der Waals surface area contributed by atoms with Crippen LogP contribution in [-0.4, -0.2) is 46.8 Å². The standard InChI is InChI=1S/C16H23N3O2/c1-16(2,3)21-15(20)19-11-13-6-7-14(19)10-18(13)12-5-4-8-17-9-12/h4-5,8-9,13-14H,6-7,10-11H2,1-3H3. The highest BCUT2D eigenvalue weighted by molar-refractivity contribution is 5.69. The molecule has 114 valence electrons. The van der Waals surface area contributed by atoms with Gasteiger partial charge in [0.15, 0.2) is 0 Å². The number of pyridine rings is 1. The Morgan fingerprint density at radius 3 is 2.62 bits per heavy atom. The van der Waals surface area contributed by atoms with E-state index in [1.165, 1.54) is 0 Å². The molecule has 1 amide bonds. The van der Waals surface area contributed by atoms with Gasteiger partial charge in [0, 0.05) is 25.3 Å². The maximum Gasteiger partial charge on any atom is 0.410 e. The van der Waals surface area contributed by atoms with Crippen LogP contribution in [0, 0.1) is 0 Å². The van der Waals surface area contributed by atoms with Crippen LogP contribution >= 0.6 is 0 Å². The molecule has 1 aromatic rings. The molecule has 4 rings (SSSR count). The van der Waals surface area contributed by atoms with Gasteiger partial charge >= 0.3 is 6.09 Å². The molecule has 3 fully saturated rings. The Bertz CT molecular complexity index is 512. The monoisotopic (exact) mass is 289 g/mol. The fourth-order valence-electron chi connectivity index (χ4n) is 3.21. The molecule has 0 radical (unpaired) electrons. The molecule has 21 heavy (non-hydrogen) atoms. The van der Waals surface area contributed by atoms with Crippen molar-refractivity contribution in [2.45, 2.75) is 51.3 Å². The minimum atomic E-state index is -0.434. The molecule has 5 heteroatoms. The van der Waals surface area contributed by atoms with Crippen LogP contribution in [0.2, 0.25) is 0 Å². The predicted molar refractivity (Wildman–Crippen MR) is 81.3 cm³/mol. The largest absolute Gasteiger partial charge is 0.444 e. The zero-order valence-corrected chi connectivity index (χ0v) is 13.0. The third-order valence-electron chi connectivity index (χ3n) is 4.14. The van der Waals surface area contributed by atoms with E-state index in [0.29, 0.717) is 6.04 Å². The van der Waals surface area contributed by atoms with E-state index in [9.17, 15) is 4.79 Å². The van der Waals surface area contributed by atoms with Crippen LogP contribution in [0.15, 0.2) is 24.5 Å². The van der Waals surface area contributed by atoms with E-state index in [4.69, 9.17) is 4.74 Å². The second-order valence-electron chi connectivity index (χ2n) is 6.88. The first-order valence-corrected chi connectivity index (χ1v) is 7.60. The minimum absolute atomic E-state index is 0.178. The number of ether oxygens (including phenoxy) is 1. The molecule has 1 aromatic heterocycles. The van der Waals surface area contributed by atoms with E-state index in [0.717, 1.165) is 31.6 Å². The molecule has 5 nitrogen and oxygen atoms in total. The van der Waals surface area contributed by atoms with Gasteiger partial charge in [-0.15, -0.1) is 0 Å². The van der Waals surface area contributed by atoms with Gasteiger partial charge in [0.05, 0.1) is 17.9 Å². The van der Waals surface area contributed by atoms with Gasteiger partial charge in [0.25, 0.3) is 0 Å². The first-order valence-electron chi connectivity index (χ1n) is 7.60. The molecule has 2 bridgehead atoms. The van der Waals surface area contributed by atoms with Crippen LogP contribution in [0.1, 0.15) is 33.6 Å². The maximum atomic E-state index is 12.3. The van der Waals surface area contributed by atoms with Crippen molar-refractivity contribution in [1.29, 1.82) is 0 Å². The van der Waals surface area contributed by atoms with Crippen molar-refractivity contribution in [3.05, 3.63) is 24.5 Å². The highest BCUT2D eigenvalue weighted by atomic mass is 16.6. The third-order valence-corrected chi connectivity index (χ3v) is 4.14. The Morgan fingerprint density at radius 2 is 2.05 bits per heavy atom. The Kier molecular flexibility index (Phi) is 3.51. The molecule has 3 saturated heterocycles. The van der Waals surface area contributed by atoms with Crippen LogP contribution in [0.25, 0.3) is 0 Å². The lowest BCUT2D eigenvalue weighted by Crippen LogP contribution is -2.64. The first-order chi connectivity index (χ1) is 9.94. The molecule has 0 aliphatic carbocycles. The molecule has 2 atom stereocenters. The van der Waals surface area contributed by atoms with Crippen LogP contribution in [0.5, 0.6) is 0 Å². The molecule has 0 saturated carbocycles. The number of hydrogen-bond donors (Lipinski definition) is 0. The number of piperidine rings is 2. The van der Waals surface area contributed by atoms with Crippen LogP contribution in [-0.2, 0) is 4.74 Å². The third kappa shape index (κ3) is 2.96. The topological polar surface area (TPSA) is 45.7 Å². The molecule has 0 aromatic carbocycles. The van der Waals surface area contributed by atoms with Crippen molar-refractivity contribution >= 4 is 11.8 Å². The van der Waals surface area contributed by atoms with Crippen LogP contribution < -0.4 is 4.90 Å². The zero-order chi connectivity index (χ0) is 15.0. The van der Waals surface area contributed by atoms with E-state index in [-0.39, 0.29) is 12.1 Å². The fraction of sp³-hybridized carbons (Fsp3) is 0.625. The Labute approximate surface area is 125 Å². The molecule has 3 aliphatic heterocycles. The van der Waals surface area contributed by atoms with E-state index in [1.54, 1.807) is 6.20 Å². The SMILES string of the molecule is CC(C)(C)OC(=O)N1CC2CCC1CN2c1cccnc1. The second kappa shape index (κ2) is 5.20. The van der Waals surface area contributed by atoms with E-state index < -0.39 is 5.60 Å². The van der Waals surface area contributed by atoms with Crippen molar-refractivity contribution in [3.8, 4) is 0 Å². The fourth-order valence-corrected chi connectivity index (χ4v) is 3.21. The molecule has 2 unspecified atom stereocenters. The van der Waals surface area contributed by atoms with Crippen LogP contribution in [0.3, 0.4) is 0 Å². The van der Waals surface area contributed by atoms with E-state index >= 15 is 0 Å². The number of nitrogens with zero attached hydrogens (tertiary/aromatic N) is 3. The average molecular weight is 289 g/mol. The normalized spacial score (nSPS) is 25.1. The summed E-state index contributed by atoms with van der Waals surface area (Å²) < 4.78 is 5.53. The number of hydrogen-bond acceptors (Lipinski definition) is 4. The van der Waals surface area contributed by atoms with Gasteiger partial charge in [-0.3, -0.25) is 4.98 Å². The van der Waals surface area contributed by atoms with Crippen molar-refractivity contribution in [3.63, 3.8) is 0 Å². The second-order valence-corrected chi connectivity index (χ2v) is 6.88. The molecule has 4 heterocycles. The first kappa shape index (κ1) is 14.2. The number of rotatable bonds is 1. The number of carbonyl (C=O) groups excluding carboxylic acids is 1.